The van der Waals surface area contributed by atoms with Gasteiger partial charge in [-0.15, -0.1) is 0 Å². The van der Waals surface area contributed by atoms with Crippen molar-refractivity contribution in [1.82, 2.24) is 0 Å². The molecule has 0 heterocycles. The van der Waals surface area contributed by atoms with E-state index in [4.69, 9.17) is 0 Å². The van der Waals surface area contributed by atoms with Gasteiger partial charge in [0, 0.05) is 6.42 Å². The molecule has 1 N–H and O–H groups in total. The van der Waals surface area contributed by atoms with E-state index >= 15 is 0 Å². The first-order valence-electron chi connectivity index (χ1n) is 5.23. The van der Waals surface area contributed by atoms with E-state index in [1.54, 1.807) is 0 Å². The second-order valence-corrected chi connectivity index (χ2v) is 4.57. The number of carbonyl (C=O) groups is 1. The number of alkyl halides is 3. The average molecular weight is 272 g/mol. The van der Waals surface area contributed by atoms with Gasteiger partial charge in [0.25, 0.3) is 0 Å². The van der Waals surface area contributed by atoms with E-state index in [-0.39, 0.29) is 0 Å². The standard InChI is InChI=1S/C11H16F4O3/c1-6(2)8(18-9(16)7(3)12)5-10(4,17)11(13,14)15/h6,8,17H,3,5H2,1-2,4H3. The summed E-state index contributed by atoms with van der Waals surface area (Å²) in [6, 6.07) is 0. The van der Waals surface area contributed by atoms with Gasteiger partial charge in [-0.25, -0.2) is 4.79 Å². The summed E-state index contributed by atoms with van der Waals surface area (Å²) in [7, 11) is 0. The lowest BCUT2D eigenvalue weighted by Crippen LogP contribution is -2.46. The zero-order valence-electron chi connectivity index (χ0n) is 10.3. The number of esters is 1. The molecule has 0 aromatic carbocycles. The summed E-state index contributed by atoms with van der Waals surface area (Å²) in [6.45, 7) is 6.24. The van der Waals surface area contributed by atoms with Crippen LogP contribution < -0.4 is 0 Å². The fourth-order valence-corrected chi connectivity index (χ4v) is 1.12. The normalized spacial score (nSPS) is 17.2. The molecule has 18 heavy (non-hydrogen) atoms. The fourth-order valence-electron chi connectivity index (χ4n) is 1.12. The Bertz CT molecular complexity index is 321. The molecule has 0 aliphatic heterocycles. The Labute approximate surface area is 102 Å². The summed E-state index contributed by atoms with van der Waals surface area (Å²) < 4.78 is 54.4. The van der Waals surface area contributed by atoms with E-state index in [0.717, 1.165) is 0 Å². The van der Waals surface area contributed by atoms with Crippen LogP contribution >= 0.6 is 0 Å². The van der Waals surface area contributed by atoms with Crippen LogP contribution in [0.3, 0.4) is 0 Å². The predicted molar refractivity (Wildman–Crippen MR) is 56.3 cm³/mol. The van der Waals surface area contributed by atoms with Gasteiger partial charge in [0.05, 0.1) is 0 Å². The first-order valence-corrected chi connectivity index (χ1v) is 5.23. The van der Waals surface area contributed by atoms with Crippen LogP contribution in [-0.4, -0.2) is 29.0 Å². The van der Waals surface area contributed by atoms with Crippen LogP contribution in [0.15, 0.2) is 12.4 Å². The highest BCUT2D eigenvalue weighted by molar-refractivity contribution is 5.85. The third-order valence-corrected chi connectivity index (χ3v) is 2.43. The number of hydrogen-bond donors (Lipinski definition) is 1. The van der Waals surface area contributed by atoms with Crippen molar-refractivity contribution in [3.8, 4) is 0 Å². The van der Waals surface area contributed by atoms with E-state index in [9.17, 15) is 27.5 Å². The Morgan fingerprint density at radius 1 is 1.39 bits per heavy atom. The van der Waals surface area contributed by atoms with Gasteiger partial charge in [-0.1, -0.05) is 20.4 Å². The lowest BCUT2D eigenvalue weighted by Gasteiger charge is -2.31. The van der Waals surface area contributed by atoms with Crippen LogP contribution in [0.1, 0.15) is 27.2 Å². The van der Waals surface area contributed by atoms with Crippen molar-refractivity contribution in [2.24, 2.45) is 5.92 Å². The Hall–Kier alpha value is -1.11. The van der Waals surface area contributed by atoms with Gasteiger partial charge in [-0.3, -0.25) is 0 Å². The molecule has 0 spiro atoms. The molecule has 0 radical (unpaired) electrons. The average Bonchev–Trinajstić information content (AvgIpc) is 2.13. The summed E-state index contributed by atoms with van der Waals surface area (Å²) in [5.74, 6) is -3.33. The predicted octanol–water partition coefficient (Wildman–Crippen LogP) is 2.74. The van der Waals surface area contributed by atoms with Crippen molar-refractivity contribution < 1.29 is 32.2 Å². The van der Waals surface area contributed by atoms with Gasteiger partial charge in [0.2, 0.25) is 5.83 Å². The summed E-state index contributed by atoms with van der Waals surface area (Å²) >= 11 is 0. The van der Waals surface area contributed by atoms with E-state index < -0.39 is 42.0 Å². The smallest absolute Gasteiger partial charge is 0.417 e. The highest BCUT2D eigenvalue weighted by Crippen LogP contribution is 2.35. The molecule has 0 amide bonds. The molecular weight excluding hydrogens is 256 g/mol. The van der Waals surface area contributed by atoms with Crippen LogP contribution in [0.4, 0.5) is 17.6 Å². The first-order chi connectivity index (χ1) is 7.88. The molecule has 0 aromatic rings. The van der Waals surface area contributed by atoms with Crippen molar-refractivity contribution in [3.63, 3.8) is 0 Å². The molecule has 2 atom stereocenters. The largest absolute Gasteiger partial charge is 0.457 e. The fraction of sp³-hybridized carbons (Fsp3) is 0.727. The molecule has 0 aliphatic rings. The second-order valence-electron chi connectivity index (χ2n) is 4.57. The molecule has 0 saturated carbocycles. The van der Waals surface area contributed by atoms with E-state index in [2.05, 4.69) is 11.3 Å². The van der Waals surface area contributed by atoms with Crippen molar-refractivity contribution in [1.29, 1.82) is 0 Å². The van der Waals surface area contributed by atoms with Crippen molar-refractivity contribution in [2.45, 2.75) is 45.1 Å². The minimum atomic E-state index is -4.86. The van der Waals surface area contributed by atoms with Gasteiger partial charge in [-0.05, 0) is 12.8 Å². The number of aliphatic hydroxyl groups is 1. The Balaban J connectivity index is 4.85. The van der Waals surface area contributed by atoms with Crippen LogP contribution in [0.2, 0.25) is 0 Å². The SMILES string of the molecule is C=C(F)C(=O)OC(CC(C)(O)C(F)(F)F)C(C)C. The van der Waals surface area contributed by atoms with Crippen LogP contribution in [-0.2, 0) is 9.53 Å². The summed E-state index contributed by atoms with van der Waals surface area (Å²) in [6.07, 6.45) is -6.99. The van der Waals surface area contributed by atoms with Gasteiger partial charge < -0.3 is 9.84 Å². The maximum absolute atomic E-state index is 12.5. The lowest BCUT2D eigenvalue weighted by molar-refractivity contribution is -0.263. The van der Waals surface area contributed by atoms with Crippen LogP contribution in [0.5, 0.6) is 0 Å². The van der Waals surface area contributed by atoms with Crippen LogP contribution in [0.25, 0.3) is 0 Å². The Morgan fingerprint density at radius 2 is 1.83 bits per heavy atom. The molecule has 3 nitrogen and oxygen atoms in total. The molecule has 0 aromatic heterocycles. The van der Waals surface area contributed by atoms with Crippen molar-refractivity contribution in [2.75, 3.05) is 0 Å². The molecule has 0 fully saturated rings. The summed E-state index contributed by atoms with van der Waals surface area (Å²) in [4.78, 5) is 10.9. The summed E-state index contributed by atoms with van der Waals surface area (Å²) in [5, 5.41) is 9.29. The number of carbonyl (C=O) groups excluding carboxylic acids is 1. The monoisotopic (exact) mass is 272 g/mol. The van der Waals surface area contributed by atoms with E-state index in [1.807, 2.05) is 0 Å². The van der Waals surface area contributed by atoms with E-state index in [0.29, 0.717) is 6.92 Å². The molecule has 106 valence electrons. The third kappa shape index (κ3) is 4.64. The molecule has 7 heteroatoms. The molecule has 2 unspecified atom stereocenters. The zero-order chi connectivity index (χ0) is 14.7. The second kappa shape index (κ2) is 5.69. The minimum Gasteiger partial charge on any atom is -0.457 e. The van der Waals surface area contributed by atoms with Gasteiger partial charge in [0.15, 0.2) is 5.60 Å². The zero-order valence-corrected chi connectivity index (χ0v) is 10.3. The maximum atomic E-state index is 12.5. The number of ether oxygens (including phenoxy) is 1. The van der Waals surface area contributed by atoms with Crippen molar-refractivity contribution in [3.05, 3.63) is 12.4 Å². The molecular formula is C11H16F4O3. The van der Waals surface area contributed by atoms with E-state index in [1.165, 1.54) is 13.8 Å². The highest BCUT2D eigenvalue weighted by atomic mass is 19.4. The third-order valence-electron chi connectivity index (χ3n) is 2.43. The number of hydrogen-bond acceptors (Lipinski definition) is 3. The minimum absolute atomic E-state index is 0.512. The quantitative estimate of drug-likeness (QED) is 0.475. The van der Waals surface area contributed by atoms with Gasteiger partial charge in [0.1, 0.15) is 6.10 Å². The number of rotatable bonds is 5. The van der Waals surface area contributed by atoms with Gasteiger partial charge >= 0.3 is 12.1 Å². The topological polar surface area (TPSA) is 46.5 Å². The molecule has 0 aliphatic carbocycles. The molecule has 0 saturated heterocycles. The lowest BCUT2D eigenvalue weighted by atomic mass is 9.92. The highest BCUT2D eigenvalue weighted by Gasteiger charge is 2.51. The molecule has 0 rings (SSSR count). The van der Waals surface area contributed by atoms with Crippen molar-refractivity contribution >= 4 is 5.97 Å². The maximum Gasteiger partial charge on any atom is 0.417 e. The first kappa shape index (κ1) is 16.9. The van der Waals surface area contributed by atoms with Gasteiger partial charge in [-0.2, -0.15) is 17.6 Å². The summed E-state index contributed by atoms with van der Waals surface area (Å²) in [5.41, 5.74) is -3.01. The number of halogens is 4. The Kier molecular flexibility index (Phi) is 5.34. The molecule has 0 bridgehead atoms. The Morgan fingerprint density at radius 3 is 2.11 bits per heavy atom. The van der Waals surface area contributed by atoms with Crippen LogP contribution in [0, 0.1) is 5.92 Å².